The Kier molecular flexibility index (Phi) is 12.6. The number of hydrogen-bond acceptors (Lipinski definition) is 3. The third-order valence-corrected chi connectivity index (χ3v) is 33.7. The summed E-state index contributed by atoms with van der Waals surface area (Å²) in [7, 11) is -10.2. The van der Waals surface area contributed by atoms with Crippen LogP contribution < -0.4 is 46.7 Å². The van der Waals surface area contributed by atoms with Gasteiger partial charge < -0.3 is 0 Å². The van der Waals surface area contributed by atoms with Crippen molar-refractivity contribution in [2.24, 2.45) is 0 Å². The third-order valence-electron chi connectivity index (χ3n) is 11.3. The molecule has 0 atom stereocenters. The molecule has 9 rings (SSSR count). The van der Waals surface area contributed by atoms with Crippen molar-refractivity contribution in [2.75, 3.05) is 0 Å². The van der Waals surface area contributed by atoms with Gasteiger partial charge in [0, 0.05) is 0 Å². The van der Waals surface area contributed by atoms with Crippen LogP contribution in [-0.4, -0.2) is 46.4 Å². The fourth-order valence-corrected chi connectivity index (χ4v) is 36.2. The SMILES string of the molecule is c1ccc([Si]([O][Sb]([O][Si](c2ccccc2)(c2ccccc2)c2ccccc2)[O][Si](c2ccccc2)(c2ccccc2)c2ccccc2)(c2ccccc2)c2ccccc2)cc1. The van der Waals surface area contributed by atoms with E-state index in [4.69, 9.17) is 8.11 Å². The molecule has 0 radical (unpaired) electrons. The monoisotopic (exact) mass is 946 g/mol. The Morgan fingerprint density at radius 3 is 0.410 bits per heavy atom. The number of benzene rings is 9. The van der Waals surface area contributed by atoms with Crippen LogP contribution in [0.4, 0.5) is 0 Å². The van der Waals surface area contributed by atoms with E-state index in [9.17, 15) is 0 Å². The molecule has 9 aromatic carbocycles. The second-order valence-corrected chi connectivity index (χ2v) is 30.6. The molecule has 0 amide bonds. The van der Waals surface area contributed by atoms with Gasteiger partial charge in [-0.05, 0) is 0 Å². The number of rotatable bonds is 15. The number of hydrogen-bond donors (Lipinski definition) is 0. The summed E-state index contributed by atoms with van der Waals surface area (Å²) in [4.78, 5) is 0. The molecule has 0 bridgehead atoms. The van der Waals surface area contributed by atoms with Gasteiger partial charge in [0.05, 0.1) is 0 Å². The minimum absolute atomic E-state index is 1.13. The van der Waals surface area contributed by atoms with Crippen LogP contribution in [0.3, 0.4) is 0 Å². The molecule has 296 valence electrons. The Hall–Kier alpha value is -5.67. The fourth-order valence-electron chi connectivity index (χ4n) is 8.42. The van der Waals surface area contributed by atoms with Gasteiger partial charge in [0.1, 0.15) is 0 Å². The summed E-state index contributed by atoms with van der Waals surface area (Å²) in [6.45, 7) is 0. The zero-order valence-electron chi connectivity index (χ0n) is 33.7. The first-order chi connectivity index (χ1) is 30.2. The molecular weight excluding hydrogens is 903 g/mol. The van der Waals surface area contributed by atoms with Crippen molar-refractivity contribution in [2.45, 2.75) is 0 Å². The molecule has 0 aliphatic heterocycles. The summed E-state index contributed by atoms with van der Waals surface area (Å²) in [5.74, 6) is 0. The zero-order valence-corrected chi connectivity index (χ0v) is 39.2. The van der Waals surface area contributed by atoms with Crippen molar-refractivity contribution in [3.63, 3.8) is 0 Å². The van der Waals surface area contributed by atoms with Gasteiger partial charge in [-0.3, -0.25) is 0 Å². The normalized spacial score (nSPS) is 12.0. The molecular formula is C54H45O3SbSi3. The minimum atomic E-state index is -4.17. The second-order valence-electron chi connectivity index (χ2n) is 14.8. The van der Waals surface area contributed by atoms with Crippen molar-refractivity contribution in [3.8, 4) is 0 Å². The van der Waals surface area contributed by atoms with E-state index in [2.05, 4.69) is 273 Å². The summed E-state index contributed by atoms with van der Waals surface area (Å²) in [5.41, 5.74) is 0. The Labute approximate surface area is 371 Å². The molecule has 9 aromatic rings. The summed E-state index contributed by atoms with van der Waals surface area (Å²) in [6.07, 6.45) is 0. The first-order valence-corrected chi connectivity index (χ1v) is 29.5. The third kappa shape index (κ3) is 8.12. The van der Waals surface area contributed by atoms with Crippen molar-refractivity contribution in [1.82, 2.24) is 0 Å². The molecule has 0 N–H and O–H groups in total. The maximum atomic E-state index is 8.38. The molecule has 0 saturated heterocycles. The van der Waals surface area contributed by atoms with Gasteiger partial charge in [0.2, 0.25) is 0 Å². The molecule has 0 heterocycles. The van der Waals surface area contributed by atoms with Crippen LogP contribution in [0.25, 0.3) is 0 Å². The van der Waals surface area contributed by atoms with E-state index in [1.165, 1.54) is 0 Å². The van der Waals surface area contributed by atoms with Gasteiger partial charge in [-0.15, -0.1) is 0 Å². The Morgan fingerprint density at radius 1 is 0.180 bits per heavy atom. The van der Waals surface area contributed by atoms with Gasteiger partial charge in [-0.1, -0.05) is 0 Å². The molecule has 0 aliphatic rings. The van der Waals surface area contributed by atoms with Crippen LogP contribution in [-0.2, 0) is 8.11 Å². The van der Waals surface area contributed by atoms with Crippen molar-refractivity contribution >= 4 is 93.1 Å². The van der Waals surface area contributed by atoms with Crippen LogP contribution in [0.5, 0.6) is 0 Å². The van der Waals surface area contributed by atoms with Gasteiger partial charge in [0.25, 0.3) is 0 Å². The van der Waals surface area contributed by atoms with Gasteiger partial charge in [0.15, 0.2) is 0 Å². The molecule has 61 heavy (non-hydrogen) atoms. The van der Waals surface area contributed by atoms with Crippen molar-refractivity contribution in [1.29, 1.82) is 0 Å². The first-order valence-electron chi connectivity index (χ1n) is 20.6. The van der Waals surface area contributed by atoms with E-state index in [0.29, 0.717) is 0 Å². The van der Waals surface area contributed by atoms with E-state index < -0.39 is 46.4 Å². The van der Waals surface area contributed by atoms with Crippen LogP contribution in [0.2, 0.25) is 0 Å². The summed E-state index contributed by atoms with van der Waals surface area (Å²) in [6, 6.07) is 97.3. The van der Waals surface area contributed by atoms with Crippen LogP contribution >= 0.6 is 0 Å². The molecule has 0 fully saturated rings. The summed E-state index contributed by atoms with van der Waals surface area (Å²) < 4.78 is 25.2. The molecule has 0 unspecified atom stereocenters. The standard InChI is InChI=1S/3C18H15OSi.Sb/c3*19-20(16-10-4-1-5-11-16,17-12-6-2-7-13-17)18-14-8-3-9-15-18;/h3*1-15H;/q3*-1;+3. The predicted octanol–water partition coefficient (Wildman–Crippen LogP) is 6.02. The van der Waals surface area contributed by atoms with Crippen LogP contribution in [0, 0.1) is 0 Å². The zero-order chi connectivity index (χ0) is 41.2. The Bertz CT molecular complexity index is 2110. The fraction of sp³-hybridized carbons (Fsp3) is 0. The predicted molar refractivity (Wildman–Crippen MR) is 261 cm³/mol. The second kappa shape index (κ2) is 18.9. The van der Waals surface area contributed by atoms with E-state index in [0.717, 1.165) is 46.7 Å². The first kappa shape index (κ1) is 40.7. The van der Waals surface area contributed by atoms with Crippen LogP contribution in [0.15, 0.2) is 273 Å². The van der Waals surface area contributed by atoms with Gasteiger partial charge in [-0.2, -0.15) is 0 Å². The van der Waals surface area contributed by atoms with Crippen LogP contribution in [0.1, 0.15) is 0 Å². The summed E-state index contributed by atoms with van der Waals surface area (Å²) in [5, 5.41) is 10.2. The van der Waals surface area contributed by atoms with E-state index in [-0.39, 0.29) is 0 Å². The summed E-state index contributed by atoms with van der Waals surface area (Å²) >= 11 is -4.17. The van der Waals surface area contributed by atoms with Gasteiger partial charge in [-0.25, -0.2) is 0 Å². The molecule has 0 aliphatic carbocycles. The van der Waals surface area contributed by atoms with Gasteiger partial charge >= 0.3 is 374 Å². The van der Waals surface area contributed by atoms with E-state index in [1.807, 2.05) is 0 Å². The van der Waals surface area contributed by atoms with Crippen molar-refractivity contribution in [3.05, 3.63) is 273 Å². The molecule has 0 aromatic heterocycles. The quantitative estimate of drug-likeness (QED) is 0.0931. The Balaban J connectivity index is 1.39. The molecule has 3 nitrogen and oxygen atoms in total. The topological polar surface area (TPSA) is 27.7 Å². The van der Waals surface area contributed by atoms with E-state index in [1.54, 1.807) is 0 Å². The maximum absolute atomic E-state index is 8.38. The van der Waals surface area contributed by atoms with Crippen molar-refractivity contribution < 1.29 is 8.11 Å². The molecule has 0 saturated carbocycles. The van der Waals surface area contributed by atoms with E-state index >= 15 is 0 Å². The Morgan fingerprint density at radius 2 is 0.295 bits per heavy atom. The molecule has 7 heteroatoms. The average Bonchev–Trinajstić information content (AvgIpc) is 3.36. The average molecular weight is 948 g/mol. The molecule has 0 spiro atoms.